The molecule has 5 heteroatoms. The summed E-state index contributed by atoms with van der Waals surface area (Å²) in [5, 5.41) is 3.84. The van der Waals surface area contributed by atoms with Crippen molar-refractivity contribution in [2.75, 3.05) is 5.32 Å². The van der Waals surface area contributed by atoms with Crippen molar-refractivity contribution in [3.8, 4) is 11.1 Å². The van der Waals surface area contributed by atoms with E-state index in [1.165, 1.54) is 0 Å². The monoisotopic (exact) mass is 280 g/mol. The van der Waals surface area contributed by atoms with E-state index in [1.54, 1.807) is 13.1 Å². The van der Waals surface area contributed by atoms with E-state index in [1.807, 2.05) is 42.6 Å². The van der Waals surface area contributed by atoms with Crippen LogP contribution in [0.15, 0.2) is 48.8 Å². The quantitative estimate of drug-likeness (QED) is 0.689. The molecule has 21 heavy (non-hydrogen) atoms. The number of aromatic nitrogens is 2. The Labute approximate surface area is 122 Å². The average molecular weight is 280 g/mol. The first kappa shape index (κ1) is 13.3. The van der Waals surface area contributed by atoms with Crippen molar-refractivity contribution in [1.29, 1.82) is 0 Å². The van der Waals surface area contributed by atoms with E-state index in [2.05, 4.69) is 15.3 Å². The van der Waals surface area contributed by atoms with E-state index in [9.17, 15) is 4.79 Å². The van der Waals surface area contributed by atoms with Crippen LogP contribution in [0.4, 0.5) is 5.69 Å². The maximum Gasteiger partial charge on any atom is 0.240 e. The van der Waals surface area contributed by atoms with Crippen molar-refractivity contribution >= 4 is 22.6 Å². The second-order valence-electron chi connectivity index (χ2n) is 4.95. The third kappa shape index (κ3) is 2.64. The molecule has 106 valence electrons. The summed E-state index contributed by atoms with van der Waals surface area (Å²) in [7, 11) is 0. The molecule has 2 heterocycles. The summed E-state index contributed by atoms with van der Waals surface area (Å²) in [6.07, 6.45) is 3.65. The Bertz CT molecular complexity index is 774. The van der Waals surface area contributed by atoms with E-state index >= 15 is 0 Å². The van der Waals surface area contributed by atoms with Crippen molar-refractivity contribution in [2.45, 2.75) is 13.0 Å². The number of carbonyl (C=O) groups excluding carboxylic acids is 1. The first-order chi connectivity index (χ1) is 10.1. The van der Waals surface area contributed by atoms with Gasteiger partial charge in [0.25, 0.3) is 0 Å². The third-order valence-electron chi connectivity index (χ3n) is 3.34. The van der Waals surface area contributed by atoms with Gasteiger partial charge in [-0.05, 0) is 42.3 Å². The molecule has 0 aliphatic carbocycles. The summed E-state index contributed by atoms with van der Waals surface area (Å²) in [6, 6.07) is 11.1. The maximum absolute atomic E-state index is 11.6. The number of benzene rings is 1. The zero-order valence-corrected chi connectivity index (χ0v) is 11.6. The maximum atomic E-state index is 11.6. The summed E-state index contributed by atoms with van der Waals surface area (Å²) in [6.45, 7) is 1.66. The zero-order chi connectivity index (χ0) is 14.8. The zero-order valence-electron chi connectivity index (χ0n) is 11.6. The van der Waals surface area contributed by atoms with Crippen LogP contribution >= 0.6 is 0 Å². The van der Waals surface area contributed by atoms with Crippen molar-refractivity contribution in [2.24, 2.45) is 5.73 Å². The molecule has 2 aromatic heterocycles. The van der Waals surface area contributed by atoms with Crippen LogP contribution in [0.3, 0.4) is 0 Å². The lowest BCUT2D eigenvalue weighted by atomic mass is 10.0. The minimum atomic E-state index is -0.524. The van der Waals surface area contributed by atoms with Gasteiger partial charge in [-0.3, -0.25) is 4.79 Å². The Hall–Kier alpha value is -2.66. The van der Waals surface area contributed by atoms with Crippen molar-refractivity contribution in [1.82, 2.24) is 9.97 Å². The van der Waals surface area contributed by atoms with Gasteiger partial charge in [-0.1, -0.05) is 12.1 Å². The number of amides is 1. The number of carbonyl (C=O) groups is 1. The predicted octanol–water partition coefficient (Wildman–Crippen LogP) is 2.52. The fourth-order valence-electron chi connectivity index (χ4n) is 2.20. The summed E-state index contributed by atoms with van der Waals surface area (Å²) < 4.78 is 0. The minimum absolute atomic E-state index is 0.195. The van der Waals surface area contributed by atoms with Gasteiger partial charge in [0.05, 0.1) is 6.04 Å². The molecule has 1 atom stereocenters. The smallest absolute Gasteiger partial charge is 0.240 e. The molecule has 0 spiro atoms. The summed E-state index contributed by atoms with van der Waals surface area (Å²) in [4.78, 5) is 18.9. The van der Waals surface area contributed by atoms with Crippen LogP contribution in [0.5, 0.6) is 0 Å². The Morgan fingerprint density at radius 2 is 2.00 bits per heavy atom. The predicted molar refractivity (Wildman–Crippen MR) is 83.8 cm³/mol. The van der Waals surface area contributed by atoms with E-state index in [4.69, 9.17) is 5.73 Å². The highest BCUT2D eigenvalue weighted by Crippen LogP contribution is 2.27. The normalized spacial score (nSPS) is 12.3. The largest absolute Gasteiger partial charge is 0.346 e. The molecule has 0 saturated carbocycles. The number of hydrogen-bond donors (Lipinski definition) is 3. The number of hydrogen-bond acceptors (Lipinski definition) is 3. The molecule has 0 saturated heterocycles. The number of pyridine rings is 1. The molecule has 3 aromatic rings. The van der Waals surface area contributed by atoms with Gasteiger partial charge in [-0.25, -0.2) is 4.98 Å². The van der Waals surface area contributed by atoms with Crippen molar-refractivity contribution in [3.05, 3.63) is 48.8 Å². The number of H-pyrrole nitrogens is 1. The highest BCUT2D eigenvalue weighted by atomic mass is 16.2. The molecule has 1 amide bonds. The van der Waals surface area contributed by atoms with Gasteiger partial charge in [-0.15, -0.1) is 0 Å². The Balaban J connectivity index is 1.91. The number of nitrogens with zero attached hydrogens (tertiary/aromatic N) is 1. The number of aromatic amines is 1. The molecule has 4 N–H and O–H groups in total. The van der Waals surface area contributed by atoms with Crippen LogP contribution in [0, 0.1) is 0 Å². The number of nitrogens with two attached hydrogens (primary N) is 1. The van der Waals surface area contributed by atoms with Gasteiger partial charge in [-0.2, -0.15) is 0 Å². The number of fused-ring (bicyclic) bond motifs is 1. The topological polar surface area (TPSA) is 83.8 Å². The standard InChI is InChI=1S/C16H16N4O/c1-10(17)16(21)20-12-4-2-11(3-5-12)13-6-8-18-15-14(13)7-9-19-15/h2-10H,17H2,1H3,(H,18,19)(H,20,21)/t10-/m1/s1. The highest BCUT2D eigenvalue weighted by Gasteiger charge is 2.08. The summed E-state index contributed by atoms with van der Waals surface area (Å²) >= 11 is 0. The van der Waals surface area contributed by atoms with E-state index in [0.29, 0.717) is 0 Å². The molecule has 0 bridgehead atoms. The number of anilines is 1. The Morgan fingerprint density at radius 1 is 1.24 bits per heavy atom. The second kappa shape index (κ2) is 5.38. The molecular formula is C16H16N4O. The molecule has 0 unspecified atom stereocenters. The van der Waals surface area contributed by atoms with Crippen molar-refractivity contribution in [3.63, 3.8) is 0 Å². The van der Waals surface area contributed by atoms with Crippen molar-refractivity contribution < 1.29 is 4.79 Å². The first-order valence-electron chi connectivity index (χ1n) is 6.74. The molecular weight excluding hydrogens is 264 g/mol. The minimum Gasteiger partial charge on any atom is -0.346 e. The first-order valence-corrected chi connectivity index (χ1v) is 6.74. The molecule has 1 aromatic carbocycles. The third-order valence-corrected chi connectivity index (χ3v) is 3.34. The molecule has 0 aliphatic rings. The lowest BCUT2D eigenvalue weighted by Crippen LogP contribution is -2.32. The molecule has 5 nitrogen and oxygen atoms in total. The van der Waals surface area contributed by atoms with Gasteiger partial charge in [0.1, 0.15) is 5.65 Å². The second-order valence-corrected chi connectivity index (χ2v) is 4.95. The molecule has 0 aliphatic heterocycles. The number of nitrogens with one attached hydrogen (secondary N) is 2. The van der Waals surface area contributed by atoms with Gasteiger partial charge in [0.2, 0.25) is 5.91 Å². The van der Waals surface area contributed by atoms with Gasteiger partial charge in [0.15, 0.2) is 0 Å². The van der Waals surface area contributed by atoms with Gasteiger partial charge < -0.3 is 16.0 Å². The average Bonchev–Trinajstić information content (AvgIpc) is 2.96. The van der Waals surface area contributed by atoms with Crippen LogP contribution in [0.25, 0.3) is 22.2 Å². The van der Waals surface area contributed by atoms with E-state index < -0.39 is 6.04 Å². The lowest BCUT2D eigenvalue weighted by Gasteiger charge is -2.09. The lowest BCUT2D eigenvalue weighted by molar-refractivity contribution is -0.117. The van der Waals surface area contributed by atoms with Crippen LogP contribution in [-0.4, -0.2) is 21.9 Å². The highest BCUT2D eigenvalue weighted by molar-refractivity contribution is 5.96. The van der Waals surface area contributed by atoms with Crippen LogP contribution < -0.4 is 11.1 Å². The Kier molecular flexibility index (Phi) is 3.41. The fraction of sp³-hybridized carbons (Fsp3) is 0.125. The van der Waals surface area contributed by atoms with Gasteiger partial charge in [0, 0.05) is 23.5 Å². The van der Waals surface area contributed by atoms with Crippen LogP contribution in [0.2, 0.25) is 0 Å². The van der Waals surface area contributed by atoms with Crippen LogP contribution in [-0.2, 0) is 4.79 Å². The molecule has 0 fully saturated rings. The Morgan fingerprint density at radius 3 is 2.71 bits per heavy atom. The summed E-state index contributed by atoms with van der Waals surface area (Å²) in [5.41, 5.74) is 9.31. The van der Waals surface area contributed by atoms with E-state index in [0.717, 1.165) is 27.8 Å². The van der Waals surface area contributed by atoms with Crippen LogP contribution in [0.1, 0.15) is 6.92 Å². The number of rotatable bonds is 3. The van der Waals surface area contributed by atoms with E-state index in [-0.39, 0.29) is 5.91 Å². The molecule has 3 rings (SSSR count). The summed E-state index contributed by atoms with van der Waals surface area (Å²) in [5.74, 6) is -0.195. The molecule has 0 radical (unpaired) electrons. The fourth-order valence-corrected chi connectivity index (χ4v) is 2.20. The SMILES string of the molecule is C[C@@H](N)C(=O)Nc1ccc(-c2ccnc3[nH]ccc23)cc1. The van der Waals surface area contributed by atoms with Gasteiger partial charge >= 0.3 is 0 Å².